The summed E-state index contributed by atoms with van der Waals surface area (Å²) in [5.74, 6) is -0.240. The van der Waals surface area contributed by atoms with Crippen molar-refractivity contribution < 1.29 is 9.90 Å². The van der Waals surface area contributed by atoms with Crippen LogP contribution in [0.2, 0.25) is 0 Å². The maximum Gasteiger partial charge on any atom is 0.248 e. The fourth-order valence-electron chi connectivity index (χ4n) is 1.68. The first-order valence-corrected chi connectivity index (χ1v) is 6.46. The van der Waals surface area contributed by atoms with Crippen LogP contribution in [0.4, 0.5) is 5.69 Å². The highest BCUT2D eigenvalue weighted by Crippen LogP contribution is 2.23. The number of amides is 1. The van der Waals surface area contributed by atoms with Crippen molar-refractivity contribution in [3.05, 3.63) is 58.1 Å². The van der Waals surface area contributed by atoms with Crippen LogP contribution in [0.3, 0.4) is 0 Å². The lowest BCUT2D eigenvalue weighted by Gasteiger charge is -2.09. The van der Waals surface area contributed by atoms with Crippen LogP contribution in [-0.4, -0.2) is 11.0 Å². The van der Waals surface area contributed by atoms with Crippen LogP contribution in [0.25, 0.3) is 0 Å². The molecule has 4 nitrogen and oxygen atoms in total. The van der Waals surface area contributed by atoms with Crippen molar-refractivity contribution in [2.45, 2.75) is 6.54 Å². The Hall–Kier alpha value is -2.01. The summed E-state index contributed by atoms with van der Waals surface area (Å²) in [7, 11) is 0. The molecule has 0 heterocycles. The molecule has 2 aromatic carbocycles. The molecule has 0 aliphatic rings. The molecule has 0 unspecified atom stereocenters. The Morgan fingerprint density at radius 1 is 1.26 bits per heavy atom. The van der Waals surface area contributed by atoms with Gasteiger partial charge in [0.15, 0.2) is 0 Å². The predicted octanol–water partition coefficient (Wildman–Crippen LogP) is 2.87. The summed E-state index contributed by atoms with van der Waals surface area (Å²) in [6, 6.07) is 12.2. The molecule has 0 aromatic heterocycles. The van der Waals surface area contributed by atoms with Crippen LogP contribution in [0.1, 0.15) is 15.9 Å². The highest BCUT2D eigenvalue weighted by molar-refractivity contribution is 9.10. The molecule has 0 saturated carbocycles. The van der Waals surface area contributed by atoms with E-state index < -0.39 is 5.91 Å². The first-order valence-electron chi connectivity index (χ1n) is 5.67. The minimum atomic E-state index is -0.464. The lowest BCUT2D eigenvalue weighted by molar-refractivity contribution is 0.100. The fraction of sp³-hybridized carbons (Fsp3) is 0.0714. The third-order valence-corrected chi connectivity index (χ3v) is 3.16. The summed E-state index contributed by atoms with van der Waals surface area (Å²) in [5.41, 5.74) is 7.21. The second-order valence-electron chi connectivity index (χ2n) is 4.07. The number of halogens is 1. The highest BCUT2D eigenvalue weighted by atomic mass is 79.9. The Morgan fingerprint density at radius 2 is 2.05 bits per heavy atom. The molecule has 0 radical (unpaired) electrons. The molecule has 0 bridgehead atoms. The lowest BCUT2D eigenvalue weighted by atomic mass is 10.1. The van der Waals surface area contributed by atoms with E-state index in [9.17, 15) is 9.90 Å². The van der Waals surface area contributed by atoms with Gasteiger partial charge in [-0.2, -0.15) is 0 Å². The summed E-state index contributed by atoms with van der Waals surface area (Å²) in [6.07, 6.45) is 0. The summed E-state index contributed by atoms with van der Waals surface area (Å²) in [5, 5.41) is 12.9. The van der Waals surface area contributed by atoms with Gasteiger partial charge in [-0.15, -0.1) is 0 Å². The second-order valence-corrected chi connectivity index (χ2v) is 4.99. The van der Waals surface area contributed by atoms with Crippen molar-refractivity contribution in [2.75, 3.05) is 5.32 Å². The van der Waals surface area contributed by atoms with Crippen molar-refractivity contribution in [3.8, 4) is 5.75 Å². The van der Waals surface area contributed by atoms with Crippen molar-refractivity contribution in [3.63, 3.8) is 0 Å². The number of hydrogen-bond acceptors (Lipinski definition) is 3. The van der Waals surface area contributed by atoms with Gasteiger partial charge in [-0.05, 0) is 36.4 Å². The van der Waals surface area contributed by atoms with Gasteiger partial charge in [-0.1, -0.05) is 22.0 Å². The number of rotatable bonds is 4. The SMILES string of the molecule is NC(=O)c1cccc(NCc2cc(Br)ccc2O)c1. The van der Waals surface area contributed by atoms with Crippen molar-refractivity contribution in [2.24, 2.45) is 5.73 Å². The molecule has 0 spiro atoms. The van der Waals surface area contributed by atoms with E-state index in [0.29, 0.717) is 12.1 Å². The minimum absolute atomic E-state index is 0.224. The van der Waals surface area contributed by atoms with Gasteiger partial charge in [0.2, 0.25) is 5.91 Å². The predicted molar refractivity (Wildman–Crippen MR) is 78.1 cm³/mol. The van der Waals surface area contributed by atoms with Gasteiger partial charge < -0.3 is 16.2 Å². The molecule has 0 saturated heterocycles. The van der Waals surface area contributed by atoms with E-state index in [4.69, 9.17) is 5.73 Å². The number of primary amides is 1. The number of anilines is 1. The summed E-state index contributed by atoms with van der Waals surface area (Å²) in [6.45, 7) is 0.452. The topological polar surface area (TPSA) is 75.4 Å². The van der Waals surface area contributed by atoms with Gasteiger partial charge in [-0.25, -0.2) is 0 Å². The molecule has 98 valence electrons. The summed E-state index contributed by atoms with van der Waals surface area (Å²) in [4.78, 5) is 11.1. The Balaban J connectivity index is 2.12. The summed E-state index contributed by atoms with van der Waals surface area (Å²) >= 11 is 3.35. The first-order chi connectivity index (χ1) is 9.06. The summed E-state index contributed by atoms with van der Waals surface area (Å²) < 4.78 is 0.896. The number of benzene rings is 2. The molecule has 5 heteroatoms. The van der Waals surface area contributed by atoms with Gasteiger partial charge in [0.1, 0.15) is 5.75 Å². The monoisotopic (exact) mass is 320 g/mol. The molecular weight excluding hydrogens is 308 g/mol. The molecule has 0 aliphatic heterocycles. The van der Waals surface area contributed by atoms with E-state index in [2.05, 4.69) is 21.2 Å². The number of phenolic OH excluding ortho intramolecular Hbond substituents is 1. The maximum atomic E-state index is 11.1. The quantitative estimate of drug-likeness (QED) is 0.810. The highest BCUT2D eigenvalue weighted by Gasteiger charge is 2.04. The van der Waals surface area contributed by atoms with Crippen molar-refractivity contribution in [1.29, 1.82) is 0 Å². The number of hydrogen-bond donors (Lipinski definition) is 3. The zero-order valence-corrected chi connectivity index (χ0v) is 11.6. The number of carbonyl (C=O) groups is 1. The van der Waals surface area contributed by atoms with E-state index in [1.165, 1.54) is 0 Å². The minimum Gasteiger partial charge on any atom is -0.508 e. The third-order valence-electron chi connectivity index (χ3n) is 2.67. The number of phenols is 1. The maximum absolute atomic E-state index is 11.1. The zero-order chi connectivity index (χ0) is 13.8. The zero-order valence-electron chi connectivity index (χ0n) is 10.1. The molecule has 4 N–H and O–H groups in total. The Morgan fingerprint density at radius 3 is 2.79 bits per heavy atom. The van der Waals surface area contributed by atoms with Gasteiger partial charge >= 0.3 is 0 Å². The van der Waals surface area contributed by atoms with Crippen LogP contribution >= 0.6 is 15.9 Å². The third kappa shape index (κ3) is 3.48. The average Bonchev–Trinajstić information content (AvgIpc) is 2.40. The molecule has 2 rings (SSSR count). The van der Waals surface area contributed by atoms with Gasteiger partial charge in [0.05, 0.1) is 0 Å². The Kier molecular flexibility index (Phi) is 4.06. The smallest absolute Gasteiger partial charge is 0.248 e. The number of nitrogens with two attached hydrogens (primary N) is 1. The van der Waals surface area contributed by atoms with Gasteiger partial charge in [-0.3, -0.25) is 4.79 Å². The van der Waals surface area contributed by atoms with E-state index in [0.717, 1.165) is 15.7 Å². The van der Waals surface area contributed by atoms with E-state index in [-0.39, 0.29) is 5.75 Å². The Labute approximate surface area is 119 Å². The van der Waals surface area contributed by atoms with Crippen LogP contribution in [-0.2, 0) is 6.54 Å². The van der Waals surface area contributed by atoms with Crippen molar-refractivity contribution >= 4 is 27.5 Å². The number of nitrogens with one attached hydrogen (secondary N) is 1. The molecule has 19 heavy (non-hydrogen) atoms. The lowest BCUT2D eigenvalue weighted by Crippen LogP contribution is -2.11. The van der Waals surface area contributed by atoms with E-state index in [1.807, 2.05) is 12.1 Å². The largest absolute Gasteiger partial charge is 0.508 e. The Bertz CT molecular complexity index is 614. The molecule has 1 amide bonds. The number of aromatic hydroxyl groups is 1. The second kappa shape index (κ2) is 5.75. The molecule has 0 fully saturated rings. The van der Waals surface area contributed by atoms with Crippen LogP contribution < -0.4 is 11.1 Å². The normalized spacial score (nSPS) is 10.2. The fourth-order valence-corrected chi connectivity index (χ4v) is 2.08. The van der Waals surface area contributed by atoms with Crippen LogP contribution in [0.5, 0.6) is 5.75 Å². The average molecular weight is 321 g/mol. The molecule has 0 aliphatic carbocycles. The van der Waals surface area contributed by atoms with Gasteiger partial charge in [0, 0.05) is 27.8 Å². The van der Waals surface area contributed by atoms with Crippen molar-refractivity contribution in [1.82, 2.24) is 0 Å². The molecule has 0 atom stereocenters. The molecular formula is C14H13BrN2O2. The van der Waals surface area contributed by atoms with E-state index >= 15 is 0 Å². The molecule has 2 aromatic rings. The number of carbonyl (C=O) groups excluding carboxylic acids is 1. The first kappa shape index (κ1) is 13.4. The van der Waals surface area contributed by atoms with Gasteiger partial charge in [0.25, 0.3) is 0 Å². The van der Waals surface area contributed by atoms with Crippen LogP contribution in [0.15, 0.2) is 46.9 Å². The standard InChI is InChI=1S/C14H13BrN2O2/c15-11-4-5-13(18)10(6-11)8-17-12-3-1-2-9(7-12)14(16)19/h1-7,17-18H,8H2,(H2,16,19). The van der Waals surface area contributed by atoms with E-state index in [1.54, 1.807) is 30.3 Å². The van der Waals surface area contributed by atoms with Crippen LogP contribution in [0, 0.1) is 0 Å².